The molecule has 3 heteroatoms. The molecule has 0 radical (unpaired) electrons. The molecule has 0 aromatic carbocycles. The van der Waals surface area contributed by atoms with Gasteiger partial charge in [-0.05, 0) is 18.6 Å². The molecule has 1 aromatic heterocycles. The van der Waals surface area contributed by atoms with E-state index in [0.717, 1.165) is 0 Å². The monoisotopic (exact) mass is 162 g/mol. The van der Waals surface area contributed by atoms with Crippen LogP contribution in [0.5, 0.6) is 0 Å². The van der Waals surface area contributed by atoms with Gasteiger partial charge in [-0.2, -0.15) is 0 Å². The van der Waals surface area contributed by atoms with E-state index < -0.39 is 0 Å². The van der Waals surface area contributed by atoms with Crippen molar-refractivity contribution in [2.45, 2.75) is 6.92 Å². The van der Waals surface area contributed by atoms with Crippen LogP contribution in [0.2, 0.25) is 0 Å². The van der Waals surface area contributed by atoms with Crippen LogP contribution in [-0.2, 0) is 0 Å². The van der Waals surface area contributed by atoms with Crippen molar-refractivity contribution >= 4 is 11.5 Å². The minimum atomic E-state index is -0.152. The molecular formula is C9H10N2O. The second kappa shape index (κ2) is 3.17. The number of ketones is 1. The molecule has 0 aliphatic heterocycles. The van der Waals surface area contributed by atoms with Crippen LogP contribution in [0.25, 0.3) is 0 Å². The molecule has 0 spiro atoms. The number of anilines is 1. The molecule has 0 unspecified atom stereocenters. The van der Waals surface area contributed by atoms with Gasteiger partial charge < -0.3 is 5.73 Å². The van der Waals surface area contributed by atoms with Crippen molar-refractivity contribution in [3.63, 3.8) is 0 Å². The number of Topliss-reactive ketones (excluding diaryl/α,β-unsaturated/α-hetero) is 1. The van der Waals surface area contributed by atoms with E-state index in [-0.39, 0.29) is 5.78 Å². The molecular weight excluding hydrogens is 152 g/mol. The minimum absolute atomic E-state index is 0.152. The SMILES string of the molecule is C=C(C)C(=O)c1cnccc1N. The highest BCUT2D eigenvalue weighted by Crippen LogP contribution is 2.12. The Morgan fingerprint density at radius 2 is 2.33 bits per heavy atom. The predicted octanol–water partition coefficient (Wildman–Crippen LogP) is 1.42. The normalized spacial score (nSPS) is 9.42. The number of hydrogen-bond acceptors (Lipinski definition) is 3. The first kappa shape index (κ1) is 8.46. The first-order chi connectivity index (χ1) is 5.63. The van der Waals surface area contributed by atoms with Crippen LogP contribution in [0, 0.1) is 0 Å². The molecule has 0 aliphatic rings. The van der Waals surface area contributed by atoms with Crippen LogP contribution >= 0.6 is 0 Å². The summed E-state index contributed by atoms with van der Waals surface area (Å²) < 4.78 is 0. The lowest BCUT2D eigenvalue weighted by molar-refractivity contribution is 0.103. The van der Waals surface area contributed by atoms with Gasteiger partial charge in [-0.15, -0.1) is 0 Å². The Kier molecular flexibility index (Phi) is 2.24. The van der Waals surface area contributed by atoms with Gasteiger partial charge in [-0.1, -0.05) is 6.58 Å². The van der Waals surface area contributed by atoms with E-state index in [1.165, 1.54) is 6.20 Å². The first-order valence-electron chi connectivity index (χ1n) is 3.52. The number of allylic oxidation sites excluding steroid dienone is 1. The lowest BCUT2D eigenvalue weighted by Crippen LogP contribution is -2.04. The van der Waals surface area contributed by atoms with Crippen LogP contribution < -0.4 is 5.73 Å². The van der Waals surface area contributed by atoms with E-state index >= 15 is 0 Å². The zero-order chi connectivity index (χ0) is 9.14. The van der Waals surface area contributed by atoms with E-state index in [4.69, 9.17) is 5.73 Å². The minimum Gasteiger partial charge on any atom is -0.398 e. The fraction of sp³-hybridized carbons (Fsp3) is 0.111. The molecule has 1 aromatic rings. The lowest BCUT2D eigenvalue weighted by Gasteiger charge is -2.01. The molecule has 12 heavy (non-hydrogen) atoms. The highest BCUT2D eigenvalue weighted by molar-refractivity contribution is 6.10. The summed E-state index contributed by atoms with van der Waals surface area (Å²) in [6.45, 7) is 5.19. The van der Waals surface area contributed by atoms with Crippen LogP contribution in [0.15, 0.2) is 30.6 Å². The average molecular weight is 162 g/mol. The van der Waals surface area contributed by atoms with Crippen molar-refractivity contribution < 1.29 is 4.79 Å². The molecule has 0 amide bonds. The molecule has 0 atom stereocenters. The summed E-state index contributed by atoms with van der Waals surface area (Å²) in [5, 5.41) is 0. The third-order valence-electron chi connectivity index (χ3n) is 1.49. The molecule has 0 fully saturated rings. The van der Waals surface area contributed by atoms with Gasteiger partial charge >= 0.3 is 0 Å². The topological polar surface area (TPSA) is 56.0 Å². The largest absolute Gasteiger partial charge is 0.398 e. The maximum Gasteiger partial charge on any atom is 0.191 e. The van der Waals surface area contributed by atoms with Crippen LogP contribution in [-0.4, -0.2) is 10.8 Å². The van der Waals surface area contributed by atoms with Gasteiger partial charge in [0.1, 0.15) is 0 Å². The molecule has 0 saturated carbocycles. The summed E-state index contributed by atoms with van der Waals surface area (Å²) in [4.78, 5) is 15.2. The Balaban J connectivity index is 3.11. The molecule has 0 saturated heterocycles. The Labute approximate surface area is 70.9 Å². The number of rotatable bonds is 2. The van der Waals surface area contributed by atoms with Crippen molar-refractivity contribution in [2.24, 2.45) is 0 Å². The first-order valence-corrected chi connectivity index (χ1v) is 3.52. The number of nitrogens with zero attached hydrogens (tertiary/aromatic N) is 1. The van der Waals surface area contributed by atoms with E-state index in [1.807, 2.05) is 0 Å². The molecule has 62 valence electrons. The van der Waals surface area contributed by atoms with E-state index in [2.05, 4.69) is 11.6 Å². The van der Waals surface area contributed by atoms with Crippen molar-refractivity contribution in [1.29, 1.82) is 0 Å². The lowest BCUT2D eigenvalue weighted by atomic mass is 10.1. The van der Waals surface area contributed by atoms with Crippen molar-refractivity contribution in [1.82, 2.24) is 4.98 Å². The summed E-state index contributed by atoms with van der Waals surface area (Å²) in [6.07, 6.45) is 3.00. The number of nitrogens with two attached hydrogens (primary N) is 1. The molecule has 1 rings (SSSR count). The summed E-state index contributed by atoms with van der Waals surface area (Å²) in [5.41, 5.74) is 6.89. The fourth-order valence-electron chi connectivity index (χ4n) is 0.825. The number of hydrogen-bond donors (Lipinski definition) is 1. The zero-order valence-corrected chi connectivity index (χ0v) is 6.87. The Hall–Kier alpha value is -1.64. The summed E-state index contributed by atoms with van der Waals surface area (Å²) >= 11 is 0. The van der Waals surface area contributed by atoms with Gasteiger partial charge in [0, 0.05) is 18.1 Å². The van der Waals surface area contributed by atoms with Crippen LogP contribution in [0.3, 0.4) is 0 Å². The zero-order valence-electron chi connectivity index (χ0n) is 6.87. The van der Waals surface area contributed by atoms with Gasteiger partial charge in [0.05, 0.1) is 5.56 Å². The number of carbonyl (C=O) groups excluding carboxylic acids is 1. The summed E-state index contributed by atoms with van der Waals surface area (Å²) in [6, 6.07) is 1.59. The third kappa shape index (κ3) is 1.50. The van der Waals surface area contributed by atoms with Crippen LogP contribution in [0.1, 0.15) is 17.3 Å². The van der Waals surface area contributed by atoms with Gasteiger partial charge in [-0.3, -0.25) is 9.78 Å². The van der Waals surface area contributed by atoms with E-state index in [0.29, 0.717) is 16.8 Å². The van der Waals surface area contributed by atoms with E-state index in [1.54, 1.807) is 19.2 Å². The number of aromatic nitrogens is 1. The average Bonchev–Trinajstić information content (AvgIpc) is 2.04. The van der Waals surface area contributed by atoms with Crippen molar-refractivity contribution in [2.75, 3.05) is 5.73 Å². The molecule has 0 aliphatic carbocycles. The fourth-order valence-corrected chi connectivity index (χ4v) is 0.825. The van der Waals surface area contributed by atoms with Crippen molar-refractivity contribution in [3.8, 4) is 0 Å². The van der Waals surface area contributed by atoms with Gasteiger partial charge in [0.25, 0.3) is 0 Å². The Morgan fingerprint density at radius 3 is 2.83 bits per heavy atom. The summed E-state index contributed by atoms with van der Waals surface area (Å²) in [7, 11) is 0. The number of pyridine rings is 1. The third-order valence-corrected chi connectivity index (χ3v) is 1.49. The van der Waals surface area contributed by atoms with E-state index in [9.17, 15) is 4.79 Å². The van der Waals surface area contributed by atoms with Gasteiger partial charge in [-0.25, -0.2) is 0 Å². The van der Waals surface area contributed by atoms with Gasteiger partial charge in [0.2, 0.25) is 0 Å². The van der Waals surface area contributed by atoms with Crippen molar-refractivity contribution in [3.05, 3.63) is 36.2 Å². The molecule has 2 N–H and O–H groups in total. The van der Waals surface area contributed by atoms with Crippen LogP contribution in [0.4, 0.5) is 5.69 Å². The Morgan fingerprint density at radius 1 is 1.67 bits per heavy atom. The maximum atomic E-state index is 11.3. The van der Waals surface area contributed by atoms with Gasteiger partial charge in [0.15, 0.2) is 5.78 Å². The quantitative estimate of drug-likeness (QED) is 0.528. The highest BCUT2D eigenvalue weighted by atomic mass is 16.1. The highest BCUT2D eigenvalue weighted by Gasteiger charge is 2.09. The Bertz CT molecular complexity index is 331. The predicted molar refractivity (Wildman–Crippen MR) is 47.8 cm³/mol. The standard InChI is InChI=1S/C9H10N2O/c1-6(2)9(12)7-5-11-4-3-8(7)10/h3-5H,1H2,2H3,(H2,10,11). The number of carbonyl (C=O) groups is 1. The second-order valence-electron chi connectivity index (χ2n) is 2.57. The maximum absolute atomic E-state index is 11.3. The molecule has 1 heterocycles. The summed E-state index contributed by atoms with van der Waals surface area (Å²) in [5.74, 6) is -0.152. The second-order valence-corrected chi connectivity index (χ2v) is 2.57. The number of nitrogen functional groups attached to an aromatic ring is 1. The molecule has 0 bridgehead atoms. The smallest absolute Gasteiger partial charge is 0.191 e. The molecule has 3 nitrogen and oxygen atoms in total.